The average Bonchev–Trinajstić information content (AvgIpc) is 2.82. The molecule has 30 heavy (non-hydrogen) atoms. The molecule has 0 bridgehead atoms. The number of halogens is 1. The second-order valence-electron chi connectivity index (χ2n) is 6.73. The lowest BCUT2D eigenvalue weighted by Crippen LogP contribution is -2.19. The molecule has 1 N–H and O–H groups in total. The van der Waals surface area contributed by atoms with E-state index in [0.29, 0.717) is 23.0 Å². The normalized spacial score (nSPS) is 15.8. The fourth-order valence-electron chi connectivity index (χ4n) is 3.26. The van der Waals surface area contributed by atoms with E-state index in [1.807, 2.05) is 54.6 Å². The summed E-state index contributed by atoms with van der Waals surface area (Å²) < 4.78 is 50.4. The second-order valence-corrected chi connectivity index (χ2v) is 7.11. The van der Waals surface area contributed by atoms with Gasteiger partial charge in [-0.1, -0.05) is 54.6 Å². The van der Waals surface area contributed by atoms with Gasteiger partial charge in [-0.25, -0.2) is 0 Å². The lowest BCUT2D eigenvalue weighted by Gasteiger charge is -2.17. The Balaban J connectivity index is 1.91. The van der Waals surface area contributed by atoms with Crippen LogP contribution in [0.2, 0.25) is 0 Å². The predicted molar refractivity (Wildman–Crippen MR) is 126 cm³/mol. The predicted octanol–water partition coefficient (Wildman–Crippen LogP) is 5.92. The Morgan fingerprint density at radius 1 is 0.900 bits per heavy atom. The number of phenolic OH excluding ortho intramolecular Hbond substituents is 1. The monoisotopic (exact) mass is 427 g/mol. The zero-order chi connectivity index (χ0) is 26.3. The van der Waals surface area contributed by atoms with Crippen molar-refractivity contribution in [1.82, 2.24) is 4.90 Å². The molecule has 3 rings (SSSR count). The number of rotatable bonds is 9. The van der Waals surface area contributed by atoms with E-state index in [9.17, 15) is 5.11 Å². The average molecular weight is 428 g/mol. The van der Waals surface area contributed by atoms with Gasteiger partial charge in [0.05, 0.1) is 0 Å². The highest BCUT2D eigenvalue weighted by atomic mass is 35.5. The number of hydrogen-bond donors (Lipinski definition) is 1. The first-order valence-electron chi connectivity index (χ1n) is 12.7. The van der Waals surface area contributed by atoms with E-state index in [4.69, 9.17) is 24.6 Å². The van der Waals surface area contributed by atoms with Crippen molar-refractivity contribution in [2.45, 2.75) is 6.42 Å². The Labute approximate surface area is 192 Å². The quantitative estimate of drug-likeness (QED) is 0.340. The van der Waals surface area contributed by atoms with Crippen LogP contribution in [0.25, 0.3) is 11.1 Å². The highest BCUT2D eigenvalue weighted by molar-refractivity contribution is 6.18. The fourth-order valence-corrected chi connectivity index (χ4v) is 3.45. The first-order valence-corrected chi connectivity index (χ1v) is 10.2. The summed E-state index contributed by atoms with van der Waals surface area (Å²) >= 11 is 6.18. The van der Waals surface area contributed by atoms with Crippen LogP contribution in [-0.4, -0.2) is 43.0 Å². The smallest absolute Gasteiger partial charge is 0.119 e. The summed E-state index contributed by atoms with van der Waals surface area (Å²) in [6.45, 7) is -5.88. The number of phenols is 1. The Morgan fingerprint density at radius 2 is 1.53 bits per heavy atom. The van der Waals surface area contributed by atoms with Crippen molar-refractivity contribution in [3.8, 4) is 11.5 Å². The minimum absolute atomic E-state index is 0.0989. The highest BCUT2D eigenvalue weighted by Crippen LogP contribution is 2.35. The molecule has 0 aliphatic heterocycles. The third-order valence-electron chi connectivity index (χ3n) is 4.65. The van der Waals surface area contributed by atoms with Gasteiger partial charge in [-0.05, 0) is 72.5 Å². The SMILES string of the molecule is [2H]C([2H])([2H])N(CCOc1ccc(/C(=C(\CCCl)c2ccccc2)c2ccc(O)cc2)cc1)C([2H])([2H])[2H]. The molecule has 3 aromatic rings. The Bertz CT molecular complexity index is 1130. The zero-order valence-corrected chi connectivity index (χ0v) is 17.3. The third kappa shape index (κ3) is 5.88. The Morgan fingerprint density at radius 3 is 2.13 bits per heavy atom. The molecule has 0 fully saturated rings. The van der Waals surface area contributed by atoms with Gasteiger partial charge < -0.3 is 14.7 Å². The molecular weight excluding hydrogens is 394 g/mol. The van der Waals surface area contributed by atoms with Crippen LogP contribution < -0.4 is 4.74 Å². The van der Waals surface area contributed by atoms with Crippen LogP contribution in [0.15, 0.2) is 78.9 Å². The molecule has 0 heterocycles. The number of allylic oxidation sites excluding steroid dienone is 1. The molecule has 3 aromatic carbocycles. The summed E-state index contributed by atoms with van der Waals surface area (Å²) in [6, 6.07) is 24.2. The van der Waals surface area contributed by atoms with Gasteiger partial charge in [0.2, 0.25) is 0 Å². The van der Waals surface area contributed by atoms with Gasteiger partial charge >= 0.3 is 0 Å². The number of nitrogens with zero attached hydrogens (tertiary/aromatic N) is 1. The molecule has 0 aliphatic rings. The molecule has 0 aromatic heterocycles. The summed E-state index contributed by atoms with van der Waals surface area (Å²) in [5.41, 5.74) is 4.87. The summed E-state index contributed by atoms with van der Waals surface area (Å²) in [6.07, 6.45) is 0.625. The molecule has 0 unspecified atom stereocenters. The summed E-state index contributed by atoms with van der Waals surface area (Å²) in [5.74, 6) is 1.08. The molecule has 3 nitrogen and oxygen atoms in total. The molecule has 0 atom stereocenters. The largest absolute Gasteiger partial charge is 0.508 e. The van der Waals surface area contributed by atoms with E-state index in [1.54, 1.807) is 24.3 Å². The van der Waals surface area contributed by atoms with Crippen LogP contribution in [0.4, 0.5) is 0 Å². The molecular formula is C26H28ClNO2. The van der Waals surface area contributed by atoms with Gasteiger partial charge in [-0.2, -0.15) is 0 Å². The molecule has 0 radical (unpaired) electrons. The highest BCUT2D eigenvalue weighted by Gasteiger charge is 2.14. The number of alkyl halides is 1. The molecule has 156 valence electrons. The van der Waals surface area contributed by atoms with Crippen LogP contribution in [0, 0.1) is 0 Å². The summed E-state index contributed by atoms with van der Waals surface area (Å²) in [5, 5.41) is 9.80. The van der Waals surface area contributed by atoms with Gasteiger partial charge in [-0.15, -0.1) is 11.6 Å². The van der Waals surface area contributed by atoms with Crippen molar-refractivity contribution in [1.29, 1.82) is 0 Å². The van der Waals surface area contributed by atoms with E-state index in [2.05, 4.69) is 0 Å². The summed E-state index contributed by atoms with van der Waals surface area (Å²) in [4.78, 5) is 0.471. The maximum Gasteiger partial charge on any atom is 0.119 e. The number of benzene rings is 3. The Hall–Kier alpha value is -2.75. The maximum atomic E-state index is 9.80. The molecule has 0 saturated heterocycles. The van der Waals surface area contributed by atoms with Crippen molar-refractivity contribution in [2.24, 2.45) is 0 Å². The first-order chi connectivity index (χ1) is 17.0. The van der Waals surface area contributed by atoms with Crippen molar-refractivity contribution >= 4 is 22.7 Å². The minimum Gasteiger partial charge on any atom is -0.508 e. The molecule has 0 aliphatic carbocycles. The number of likely N-dealkylation sites (N-methyl/N-ethyl adjacent to an activating group) is 1. The van der Waals surface area contributed by atoms with E-state index in [0.717, 1.165) is 27.8 Å². The molecule has 0 amide bonds. The maximum absolute atomic E-state index is 9.80. The topological polar surface area (TPSA) is 32.7 Å². The minimum atomic E-state index is -2.75. The second kappa shape index (κ2) is 10.9. The number of hydrogen-bond acceptors (Lipinski definition) is 3. The fraction of sp³-hybridized carbons (Fsp3) is 0.231. The van der Waals surface area contributed by atoms with Crippen LogP contribution in [0.3, 0.4) is 0 Å². The van der Waals surface area contributed by atoms with E-state index in [1.165, 1.54) is 0 Å². The zero-order valence-electron chi connectivity index (χ0n) is 22.5. The van der Waals surface area contributed by atoms with Crippen LogP contribution in [0.1, 0.15) is 31.3 Å². The summed E-state index contributed by atoms with van der Waals surface area (Å²) in [7, 11) is 0. The van der Waals surface area contributed by atoms with E-state index >= 15 is 0 Å². The van der Waals surface area contributed by atoms with Gasteiger partial charge in [0.25, 0.3) is 0 Å². The third-order valence-corrected chi connectivity index (χ3v) is 4.84. The number of ether oxygens (including phenoxy) is 1. The van der Waals surface area contributed by atoms with Gasteiger partial charge in [0, 0.05) is 20.6 Å². The number of aromatic hydroxyl groups is 1. The van der Waals surface area contributed by atoms with Crippen molar-refractivity contribution < 1.29 is 18.1 Å². The van der Waals surface area contributed by atoms with Gasteiger partial charge in [0.1, 0.15) is 18.1 Å². The van der Waals surface area contributed by atoms with E-state index in [-0.39, 0.29) is 18.9 Å². The lowest BCUT2D eigenvalue weighted by molar-refractivity contribution is 0.261. The van der Waals surface area contributed by atoms with Crippen LogP contribution in [-0.2, 0) is 0 Å². The van der Waals surface area contributed by atoms with Crippen LogP contribution in [0.5, 0.6) is 11.5 Å². The van der Waals surface area contributed by atoms with E-state index < -0.39 is 14.0 Å². The molecule has 4 heteroatoms. The lowest BCUT2D eigenvalue weighted by atomic mass is 9.88. The van der Waals surface area contributed by atoms with Crippen molar-refractivity contribution in [3.05, 3.63) is 95.6 Å². The molecule has 0 spiro atoms. The molecule has 0 saturated carbocycles. The Kier molecular flexibility index (Phi) is 5.47. The van der Waals surface area contributed by atoms with Gasteiger partial charge in [0.15, 0.2) is 0 Å². The van der Waals surface area contributed by atoms with Crippen molar-refractivity contribution in [3.63, 3.8) is 0 Å². The van der Waals surface area contributed by atoms with Crippen molar-refractivity contribution in [2.75, 3.05) is 33.0 Å². The van der Waals surface area contributed by atoms with Gasteiger partial charge in [-0.3, -0.25) is 0 Å². The standard InChI is InChI=1S/C26H28ClNO2/c1-28(2)18-19-30-24-14-10-22(11-15-24)26(21-8-12-23(29)13-9-21)25(16-17-27)20-6-4-3-5-7-20/h3-15,29H,16-19H2,1-2H3/b26-25+/i1D3,2D3. The van der Waals surface area contributed by atoms with Crippen LogP contribution >= 0.6 is 11.6 Å². The first kappa shape index (κ1) is 15.1.